The van der Waals surface area contributed by atoms with Gasteiger partial charge in [0.2, 0.25) is 0 Å². The highest BCUT2D eigenvalue weighted by molar-refractivity contribution is 5.83. The fourth-order valence-electron chi connectivity index (χ4n) is 2.81. The van der Waals surface area contributed by atoms with Crippen LogP contribution in [0.25, 0.3) is 10.9 Å². The van der Waals surface area contributed by atoms with E-state index in [2.05, 4.69) is 27.2 Å². The number of rotatable bonds is 8. The zero-order chi connectivity index (χ0) is 17.6. The van der Waals surface area contributed by atoms with Gasteiger partial charge in [0, 0.05) is 23.6 Å². The summed E-state index contributed by atoms with van der Waals surface area (Å²) in [4.78, 5) is 3.26. The summed E-state index contributed by atoms with van der Waals surface area (Å²) in [6.07, 6.45) is 2.93. The van der Waals surface area contributed by atoms with Crippen molar-refractivity contribution in [2.45, 2.75) is 19.6 Å². The van der Waals surface area contributed by atoms with Gasteiger partial charge in [-0.05, 0) is 42.3 Å². The number of ether oxygens (including phenoxy) is 2. The van der Waals surface area contributed by atoms with Gasteiger partial charge in [-0.15, -0.1) is 0 Å². The normalized spacial score (nSPS) is 11.2. The quantitative estimate of drug-likeness (QED) is 0.604. The fraction of sp³-hybridized carbons (Fsp3) is 0.263. The Balaban J connectivity index is 1.55. The summed E-state index contributed by atoms with van der Waals surface area (Å²) >= 11 is 0. The highest BCUT2D eigenvalue weighted by Crippen LogP contribution is 2.29. The molecule has 0 unspecified atom stereocenters. The first kappa shape index (κ1) is 17.2. The number of H-pyrrole nitrogens is 1. The van der Waals surface area contributed by atoms with Gasteiger partial charge in [0.1, 0.15) is 0 Å². The minimum atomic E-state index is -2.87. The van der Waals surface area contributed by atoms with Gasteiger partial charge in [-0.25, -0.2) is 0 Å². The summed E-state index contributed by atoms with van der Waals surface area (Å²) in [5.74, 6) is 0.344. The van der Waals surface area contributed by atoms with Gasteiger partial charge >= 0.3 is 6.61 Å². The van der Waals surface area contributed by atoms with Crippen molar-refractivity contribution in [1.82, 2.24) is 10.3 Å². The van der Waals surface area contributed by atoms with E-state index >= 15 is 0 Å². The van der Waals surface area contributed by atoms with Crippen LogP contribution in [0.4, 0.5) is 8.78 Å². The van der Waals surface area contributed by atoms with Crippen LogP contribution in [0.2, 0.25) is 0 Å². The molecule has 1 heterocycles. The molecule has 0 aliphatic rings. The lowest BCUT2D eigenvalue weighted by Gasteiger charge is -2.12. The van der Waals surface area contributed by atoms with Crippen LogP contribution in [0.5, 0.6) is 11.5 Å². The van der Waals surface area contributed by atoms with Gasteiger partial charge in [-0.2, -0.15) is 8.78 Å². The first-order chi connectivity index (χ1) is 12.2. The van der Waals surface area contributed by atoms with Crippen molar-refractivity contribution >= 4 is 10.9 Å². The van der Waals surface area contributed by atoms with Crippen LogP contribution in [0, 0.1) is 0 Å². The number of benzene rings is 2. The maximum atomic E-state index is 12.3. The second-order valence-corrected chi connectivity index (χ2v) is 5.65. The van der Waals surface area contributed by atoms with Crippen molar-refractivity contribution in [3.05, 3.63) is 59.8 Å². The summed E-state index contributed by atoms with van der Waals surface area (Å²) in [7, 11) is 1.43. The standard InChI is InChI=1S/C19H20F2N2O2/c1-24-18-10-13(6-7-17(18)25-19(20)21)11-22-9-8-14-12-23-16-5-3-2-4-15(14)16/h2-7,10,12,19,22-23H,8-9,11H2,1H3. The number of para-hydroxylation sites is 1. The summed E-state index contributed by atoms with van der Waals surface area (Å²) in [5.41, 5.74) is 3.34. The van der Waals surface area contributed by atoms with Crippen molar-refractivity contribution in [2.24, 2.45) is 0 Å². The van der Waals surface area contributed by atoms with Gasteiger partial charge < -0.3 is 19.8 Å². The lowest BCUT2D eigenvalue weighted by Crippen LogP contribution is -2.16. The molecule has 0 bridgehead atoms. The average molecular weight is 346 g/mol. The van der Waals surface area contributed by atoms with Crippen LogP contribution in [-0.4, -0.2) is 25.3 Å². The molecule has 0 aliphatic heterocycles. The average Bonchev–Trinajstić information content (AvgIpc) is 3.02. The summed E-state index contributed by atoms with van der Waals surface area (Å²) in [6.45, 7) is -1.44. The van der Waals surface area contributed by atoms with Crippen molar-refractivity contribution in [3.63, 3.8) is 0 Å². The van der Waals surface area contributed by atoms with E-state index < -0.39 is 6.61 Å². The number of hydrogen-bond donors (Lipinski definition) is 2. The third-order valence-corrected chi connectivity index (χ3v) is 4.02. The van der Waals surface area contributed by atoms with Crippen molar-refractivity contribution < 1.29 is 18.3 Å². The van der Waals surface area contributed by atoms with Crippen LogP contribution in [0.1, 0.15) is 11.1 Å². The second-order valence-electron chi connectivity index (χ2n) is 5.65. The van der Waals surface area contributed by atoms with Crippen LogP contribution < -0.4 is 14.8 Å². The zero-order valence-electron chi connectivity index (χ0n) is 13.9. The first-order valence-electron chi connectivity index (χ1n) is 8.05. The molecule has 4 nitrogen and oxygen atoms in total. The van der Waals surface area contributed by atoms with Crippen LogP contribution in [0.3, 0.4) is 0 Å². The summed E-state index contributed by atoms with van der Waals surface area (Å²) in [6, 6.07) is 13.2. The Bertz CT molecular complexity index is 833. The van der Waals surface area contributed by atoms with E-state index in [1.54, 1.807) is 12.1 Å². The van der Waals surface area contributed by atoms with E-state index in [9.17, 15) is 8.78 Å². The second kappa shape index (κ2) is 7.98. The molecule has 132 valence electrons. The summed E-state index contributed by atoms with van der Waals surface area (Å²) in [5, 5.41) is 4.59. The minimum Gasteiger partial charge on any atom is -0.493 e. The SMILES string of the molecule is COc1cc(CNCCc2c[nH]c3ccccc23)ccc1OC(F)F. The molecule has 0 radical (unpaired) electrons. The third-order valence-electron chi connectivity index (χ3n) is 4.02. The summed E-state index contributed by atoms with van der Waals surface area (Å²) < 4.78 is 34.2. The first-order valence-corrected chi connectivity index (χ1v) is 8.05. The highest BCUT2D eigenvalue weighted by Gasteiger charge is 2.11. The number of hydrogen-bond acceptors (Lipinski definition) is 3. The maximum Gasteiger partial charge on any atom is 0.387 e. The fourth-order valence-corrected chi connectivity index (χ4v) is 2.81. The Hall–Kier alpha value is -2.60. The smallest absolute Gasteiger partial charge is 0.387 e. The zero-order valence-corrected chi connectivity index (χ0v) is 13.9. The largest absolute Gasteiger partial charge is 0.493 e. The predicted molar refractivity (Wildman–Crippen MR) is 93.3 cm³/mol. The molecule has 3 rings (SSSR count). The van der Waals surface area contributed by atoms with E-state index in [-0.39, 0.29) is 5.75 Å². The number of fused-ring (bicyclic) bond motifs is 1. The van der Waals surface area contributed by atoms with Crippen molar-refractivity contribution in [1.29, 1.82) is 0 Å². The molecule has 2 aromatic carbocycles. The monoisotopic (exact) mass is 346 g/mol. The number of aromatic amines is 1. The Kier molecular flexibility index (Phi) is 5.50. The van der Waals surface area contributed by atoms with Gasteiger partial charge in [0.15, 0.2) is 11.5 Å². The molecule has 0 saturated carbocycles. The van der Waals surface area contributed by atoms with E-state index in [0.29, 0.717) is 12.3 Å². The van der Waals surface area contributed by atoms with E-state index in [1.807, 2.05) is 18.3 Å². The number of halogens is 2. The molecule has 6 heteroatoms. The number of aromatic nitrogens is 1. The lowest BCUT2D eigenvalue weighted by atomic mass is 10.1. The molecule has 3 aromatic rings. The molecule has 25 heavy (non-hydrogen) atoms. The Morgan fingerprint density at radius 1 is 1.12 bits per heavy atom. The van der Waals surface area contributed by atoms with E-state index in [1.165, 1.54) is 24.1 Å². The molecule has 0 atom stereocenters. The van der Waals surface area contributed by atoms with Crippen molar-refractivity contribution in [3.8, 4) is 11.5 Å². The Labute approximate surface area is 144 Å². The molecular formula is C19H20F2N2O2. The van der Waals surface area contributed by atoms with Crippen LogP contribution >= 0.6 is 0 Å². The van der Waals surface area contributed by atoms with Crippen LogP contribution in [0.15, 0.2) is 48.7 Å². The molecular weight excluding hydrogens is 326 g/mol. The Morgan fingerprint density at radius 3 is 2.76 bits per heavy atom. The molecule has 0 spiro atoms. The molecule has 0 fully saturated rings. The highest BCUT2D eigenvalue weighted by atomic mass is 19.3. The Morgan fingerprint density at radius 2 is 1.96 bits per heavy atom. The maximum absolute atomic E-state index is 12.3. The van der Waals surface area contributed by atoms with Gasteiger partial charge in [0.05, 0.1) is 7.11 Å². The molecule has 1 aromatic heterocycles. The number of methoxy groups -OCH3 is 1. The van der Waals surface area contributed by atoms with E-state index in [4.69, 9.17) is 4.74 Å². The van der Waals surface area contributed by atoms with Gasteiger partial charge in [-0.1, -0.05) is 24.3 Å². The van der Waals surface area contributed by atoms with Crippen LogP contribution in [-0.2, 0) is 13.0 Å². The number of nitrogens with one attached hydrogen (secondary N) is 2. The molecule has 0 saturated heterocycles. The number of alkyl halides is 2. The predicted octanol–water partition coefficient (Wildman–Crippen LogP) is 4.11. The molecule has 0 aliphatic carbocycles. The molecule has 0 amide bonds. The van der Waals surface area contributed by atoms with Gasteiger partial charge in [-0.3, -0.25) is 0 Å². The third kappa shape index (κ3) is 4.28. The van der Waals surface area contributed by atoms with Gasteiger partial charge in [0.25, 0.3) is 0 Å². The minimum absolute atomic E-state index is 0.0417. The van der Waals surface area contributed by atoms with Crippen molar-refractivity contribution in [2.75, 3.05) is 13.7 Å². The van der Waals surface area contributed by atoms with E-state index in [0.717, 1.165) is 24.0 Å². The molecule has 2 N–H and O–H groups in total. The topological polar surface area (TPSA) is 46.3 Å². The lowest BCUT2D eigenvalue weighted by molar-refractivity contribution is -0.0512.